The number of thioether (sulfide) groups is 1. The van der Waals surface area contributed by atoms with Crippen LogP contribution in [0.1, 0.15) is 50.4 Å². The number of rotatable bonds is 7. The molecule has 4 rings (SSSR count). The highest BCUT2D eigenvalue weighted by Gasteiger charge is 2.32. The van der Waals surface area contributed by atoms with E-state index in [1.807, 2.05) is 11.2 Å². The van der Waals surface area contributed by atoms with Crippen molar-refractivity contribution in [2.24, 2.45) is 0 Å². The minimum Gasteiger partial charge on any atom is -0.395 e. The number of hydrogen-bond donors (Lipinski definition) is 2. The van der Waals surface area contributed by atoms with Gasteiger partial charge in [-0.25, -0.2) is 15.0 Å². The van der Waals surface area contributed by atoms with Gasteiger partial charge >= 0.3 is 0 Å². The largest absolute Gasteiger partial charge is 0.395 e. The Kier molecular flexibility index (Phi) is 6.42. The van der Waals surface area contributed by atoms with Gasteiger partial charge in [0.15, 0.2) is 11.0 Å². The highest BCUT2D eigenvalue weighted by Crippen LogP contribution is 2.44. The smallest absolute Gasteiger partial charge is 0.189 e. The molecule has 31 heavy (non-hydrogen) atoms. The second-order valence-corrected chi connectivity index (χ2v) is 10.5. The molecule has 0 saturated heterocycles. The molecule has 0 atom stereocenters. The van der Waals surface area contributed by atoms with Crippen LogP contribution in [0.25, 0.3) is 20.4 Å². The number of nitrogens with zero attached hydrogens (tertiary/aromatic N) is 4. The molecule has 3 aromatic rings. The van der Waals surface area contributed by atoms with Gasteiger partial charge in [-0.15, -0.1) is 11.3 Å². The summed E-state index contributed by atoms with van der Waals surface area (Å²) in [6.45, 7) is 9.93. The van der Waals surface area contributed by atoms with Crippen LogP contribution in [0.5, 0.6) is 0 Å². The number of aliphatic hydroxyl groups excluding tert-OH is 2. The Balaban J connectivity index is 2.07. The summed E-state index contributed by atoms with van der Waals surface area (Å²) >= 11 is 3.10. The van der Waals surface area contributed by atoms with E-state index in [1.165, 1.54) is 22.9 Å². The lowest BCUT2D eigenvalue weighted by molar-refractivity contribution is -0.0402. The van der Waals surface area contributed by atoms with Gasteiger partial charge in [0.05, 0.1) is 41.3 Å². The van der Waals surface area contributed by atoms with Crippen LogP contribution in [0.15, 0.2) is 5.16 Å². The third-order valence-corrected chi connectivity index (χ3v) is 7.27. The van der Waals surface area contributed by atoms with E-state index in [9.17, 15) is 10.2 Å². The molecule has 0 spiro atoms. The molecular formula is C22H30N4O3S2. The molecule has 1 aliphatic heterocycles. The molecule has 168 valence electrons. The van der Waals surface area contributed by atoms with Crippen LogP contribution in [0.3, 0.4) is 0 Å². The molecule has 0 amide bonds. The molecule has 0 aliphatic carbocycles. The van der Waals surface area contributed by atoms with Gasteiger partial charge in [0, 0.05) is 30.5 Å². The molecular weight excluding hydrogens is 432 g/mol. The third kappa shape index (κ3) is 4.14. The van der Waals surface area contributed by atoms with Gasteiger partial charge in [-0.1, -0.05) is 25.6 Å². The van der Waals surface area contributed by atoms with Crippen LogP contribution in [-0.2, 0) is 17.8 Å². The molecule has 0 bridgehead atoms. The van der Waals surface area contributed by atoms with Gasteiger partial charge in [0.25, 0.3) is 0 Å². The standard InChI is InChI=1S/C22H30N4O3S2/c1-12(2)16-14-11-29-22(3,4)10-13(14)15-17-18(31-20(15)23-16)19(25-21(24-17)30-5)26(6-8-27)7-9-28/h12,27-28H,6-11H2,1-5H3. The summed E-state index contributed by atoms with van der Waals surface area (Å²) in [6, 6.07) is 0. The average molecular weight is 463 g/mol. The monoisotopic (exact) mass is 462 g/mol. The first-order chi connectivity index (χ1) is 14.8. The number of hydrogen-bond acceptors (Lipinski definition) is 9. The van der Waals surface area contributed by atoms with Crippen molar-refractivity contribution in [3.05, 3.63) is 16.8 Å². The first-order valence-electron chi connectivity index (χ1n) is 10.6. The number of anilines is 1. The van der Waals surface area contributed by atoms with E-state index in [-0.39, 0.29) is 18.8 Å². The van der Waals surface area contributed by atoms with Gasteiger partial charge in [-0.05, 0) is 31.6 Å². The van der Waals surface area contributed by atoms with E-state index < -0.39 is 0 Å². The van der Waals surface area contributed by atoms with Crippen LogP contribution in [0.4, 0.5) is 5.82 Å². The normalized spacial score (nSPS) is 15.7. The third-order valence-electron chi connectivity index (χ3n) is 5.65. The van der Waals surface area contributed by atoms with E-state index >= 15 is 0 Å². The van der Waals surface area contributed by atoms with E-state index in [1.54, 1.807) is 11.3 Å². The quantitative estimate of drug-likeness (QED) is 0.405. The molecule has 4 heterocycles. The van der Waals surface area contributed by atoms with Gasteiger partial charge in [-0.2, -0.15) is 0 Å². The lowest BCUT2D eigenvalue weighted by Crippen LogP contribution is -2.33. The van der Waals surface area contributed by atoms with Crippen LogP contribution < -0.4 is 4.90 Å². The van der Waals surface area contributed by atoms with Crippen LogP contribution in [0.2, 0.25) is 0 Å². The molecule has 3 aromatic heterocycles. The Bertz CT molecular complexity index is 1110. The molecule has 0 aromatic carbocycles. The fourth-order valence-electron chi connectivity index (χ4n) is 4.21. The summed E-state index contributed by atoms with van der Waals surface area (Å²) in [7, 11) is 0. The van der Waals surface area contributed by atoms with Crippen molar-refractivity contribution in [1.82, 2.24) is 15.0 Å². The molecule has 2 N–H and O–H groups in total. The summed E-state index contributed by atoms with van der Waals surface area (Å²) < 4.78 is 7.11. The summed E-state index contributed by atoms with van der Waals surface area (Å²) in [6.07, 6.45) is 2.77. The van der Waals surface area contributed by atoms with Crippen molar-refractivity contribution in [1.29, 1.82) is 0 Å². The molecule has 0 fully saturated rings. The summed E-state index contributed by atoms with van der Waals surface area (Å²) in [5.74, 6) is 1.05. The average Bonchev–Trinajstić information content (AvgIpc) is 3.10. The second kappa shape index (κ2) is 8.78. The van der Waals surface area contributed by atoms with Crippen molar-refractivity contribution >= 4 is 49.3 Å². The number of fused-ring (bicyclic) bond motifs is 5. The summed E-state index contributed by atoms with van der Waals surface area (Å²) in [5, 5.41) is 20.9. The van der Waals surface area contributed by atoms with Gasteiger partial charge in [-0.3, -0.25) is 0 Å². The van der Waals surface area contributed by atoms with E-state index in [0.29, 0.717) is 30.8 Å². The topological polar surface area (TPSA) is 91.6 Å². The predicted molar refractivity (Wildman–Crippen MR) is 128 cm³/mol. The maximum atomic E-state index is 9.58. The molecule has 0 unspecified atom stereocenters. The van der Waals surface area contributed by atoms with Crippen molar-refractivity contribution in [3.63, 3.8) is 0 Å². The number of pyridine rings is 1. The Morgan fingerprint density at radius 1 is 1.13 bits per heavy atom. The van der Waals surface area contributed by atoms with E-state index in [2.05, 4.69) is 27.7 Å². The number of aliphatic hydroxyl groups is 2. The molecule has 9 heteroatoms. The second-order valence-electron chi connectivity index (χ2n) is 8.76. The van der Waals surface area contributed by atoms with E-state index in [0.717, 1.165) is 38.4 Å². The van der Waals surface area contributed by atoms with Crippen LogP contribution in [-0.4, -0.2) is 63.3 Å². The minimum absolute atomic E-state index is 0.0122. The zero-order valence-corrected chi connectivity index (χ0v) is 20.4. The van der Waals surface area contributed by atoms with Crippen molar-refractivity contribution in [2.45, 2.75) is 57.4 Å². The first kappa shape index (κ1) is 22.7. The lowest BCUT2D eigenvalue weighted by atomic mass is 9.87. The van der Waals surface area contributed by atoms with Crippen molar-refractivity contribution in [3.8, 4) is 0 Å². The molecule has 7 nitrogen and oxygen atoms in total. The fourth-order valence-corrected chi connectivity index (χ4v) is 5.74. The van der Waals surface area contributed by atoms with Crippen molar-refractivity contribution in [2.75, 3.05) is 37.5 Å². The molecule has 1 aliphatic rings. The van der Waals surface area contributed by atoms with Gasteiger partial charge in [0.2, 0.25) is 0 Å². The number of aromatic nitrogens is 3. The summed E-state index contributed by atoms with van der Waals surface area (Å²) in [5.41, 5.74) is 4.22. The molecule has 0 radical (unpaired) electrons. The first-order valence-corrected chi connectivity index (χ1v) is 12.6. The van der Waals surface area contributed by atoms with Crippen LogP contribution in [0, 0.1) is 0 Å². The lowest BCUT2D eigenvalue weighted by Gasteiger charge is -2.33. The predicted octanol–water partition coefficient (Wildman–Crippen LogP) is 3.73. The Morgan fingerprint density at radius 3 is 2.45 bits per heavy atom. The number of ether oxygens (including phenoxy) is 1. The van der Waals surface area contributed by atoms with Crippen LogP contribution >= 0.6 is 23.1 Å². The Hall–Kier alpha value is -1.52. The highest BCUT2D eigenvalue weighted by molar-refractivity contribution is 7.98. The SMILES string of the molecule is CSc1nc(N(CCO)CCO)c2sc3nc(C(C)C)c4c(c3c2n1)CC(C)(C)OC4. The zero-order chi connectivity index (χ0) is 22.3. The highest BCUT2D eigenvalue weighted by atomic mass is 32.2. The van der Waals surface area contributed by atoms with E-state index in [4.69, 9.17) is 19.7 Å². The maximum absolute atomic E-state index is 9.58. The number of thiophene rings is 1. The zero-order valence-electron chi connectivity index (χ0n) is 18.7. The maximum Gasteiger partial charge on any atom is 0.189 e. The van der Waals surface area contributed by atoms with Gasteiger partial charge < -0.3 is 19.8 Å². The minimum atomic E-state index is -0.248. The molecule has 0 saturated carbocycles. The van der Waals surface area contributed by atoms with Crippen molar-refractivity contribution < 1.29 is 14.9 Å². The fraction of sp³-hybridized carbons (Fsp3) is 0.591. The van der Waals surface area contributed by atoms with Gasteiger partial charge in [0.1, 0.15) is 4.83 Å². The summed E-state index contributed by atoms with van der Waals surface area (Å²) in [4.78, 5) is 17.6. The Morgan fingerprint density at radius 2 is 1.84 bits per heavy atom. The Labute approximate surface area is 190 Å².